The van der Waals surface area contributed by atoms with Crippen molar-refractivity contribution in [3.05, 3.63) is 51.4 Å². The van der Waals surface area contributed by atoms with Crippen LogP contribution in [0.5, 0.6) is 17.2 Å². The van der Waals surface area contributed by atoms with Crippen LogP contribution in [-0.2, 0) is 22.4 Å². The maximum atomic E-state index is 13.8. The number of amides is 2. The molecule has 0 spiro atoms. The number of aromatic amines is 1. The van der Waals surface area contributed by atoms with Crippen LogP contribution >= 0.6 is 0 Å². The molecule has 0 bridgehead atoms. The van der Waals surface area contributed by atoms with Gasteiger partial charge in [0, 0.05) is 18.9 Å². The molecule has 0 radical (unpaired) electrons. The second-order valence-electron chi connectivity index (χ2n) is 12.7. The number of H-pyrrole nitrogens is 1. The van der Waals surface area contributed by atoms with Gasteiger partial charge >= 0.3 is 0 Å². The number of fused-ring (bicyclic) bond motifs is 3. The van der Waals surface area contributed by atoms with Crippen molar-refractivity contribution in [2.75, 3.05) is 32.0 Å². The summed E-state index contributed by atoms with van der Waals surface area (Å²) in [6, 6.07) is 5.74. The van der Waals surface area contributed by atoms with Crippen molar-refractivity contribution in [2.45, 2.75) is 84.2 Å². The maximum absolute atomic E-state index is 13.8. The van der Waals surface area contributed by atoms with E-state index in [9.17, 15) is 14.4 Å². The predicted octanol–water partition coefficient (Wildman–Crippen LogP) is 5.18. The van der Waals surface area contributed by atoms with E-state index < -0.39 is 12.1 Å². The number of aryl methyl sites for hydroxylation is 2. The van der Waals surface area contributed by atoms with Crippen LogP contribution in [0.1, 0.15) is 82.3 Å². The Balaban J connectivity index is 1.47. The predicted molar refractivity (Wildman–Crippen MR) is 180 cm³/mol. The molecular weight excluding hydrogens is 600 g/mol. The molecule has 12 nitrogen and oxygen atoms in total. The number of carbonyl (C=O) groups is 2. The van der Waals surface area contributed by atoms with Gasteiger partial charge in [0.1, 0.15) is 11.9 Å². The Morgan fingerprint density at radius 3 is 2.43 bits per heavy atom. The largest absolute Gasteiger partial charge is 0.493 e. The molecule has 3 aromatic rings. The summed E-state index contributed by atoms with van der Waals surface area (Å²) in [5, 5.41) is 16.2. The third kappa shape index (κ3) is 7.52. The first-order valence-electron chi connectivity index (χ1n) is 16.4. The summed E-state index contributed by atoms with van der Waals surface area (Å²) in [6.45, 7) is 5.26. The molecule has 2 aliphatic carbocycles. The number of carbonyl (C=O) groups excluding carboxylic acids is 2. The molecule has 2 amide bonds. The van der Waals surface area contributed by atoms with Crippen LogP contribution < -0.4 is 35.6 Å². The lowest BCUT2D eigenvalue weighted by Crippen LogP contribution is -2.40. The van der Waals surface area contributed by atoms with E-state index in [0.29, 0.717) is 41.2 Å². The van der Waals surface area contributed by atoms with Crippen molar-refractivity contribution >= 4 is 23.5 Å². The molecule has 1 saturated carbocycles. The van der Waals surface area contributed by atoms with E-state index in [4.69, 9.17) is 14.2 Å². The second kappa shape index (κ2) is 14.9. The Kier molecular flexibility index (Phi) is 10.7. The quantitative estimate of drug-likeness (QED) is 0.208. The zero-order valence-electron chi connectivity index (χ0n) is 28.1. The number of nitrogens with one attached hydrogen (secondary N) is 4. The summed E-state index contributed by atoms with van der Waals surface area (Å²) in [5.41, 5.74) is 2.93. The summed E-state index contributed by atoms with van der Waals surface area (Å²) in [4.78, 5) is 44.1. The highest BCUT2D eigenvalue weighted by molar-refractivity contribution is 5.95. The van der Waals surface area contributed by atoms with Crippen molar-refractivity contribution in [1.29, 1.82) is 0 Å². The fourth-order valence-corrected chi connectivity index (χ4v) is 6.82. The third-order valence-electron chi connectivity index (χ3n) is 9.21. The third-order valence-corrected chi connectivity index (χ3v) is 9.21. The number of anilines is 2. The fourth-order valence-electron chi connectivity index (χ4n) is 6.82. The van der Waals surface area contributed by atoms with Gasteiger partial charge in [-0.25, -0.2) is 0 Å². The number of rotatable bonds is 12. The molecule has 0 saturated heterocycles. The highest BCUT2D eigenvalue weighted by Gasteiger charge is 2.30. The molecular formula is C35H46N6O6. The number of aromatic nitrogens is 3. The first kappa shape index (κ1) is 33.7. The van der Waals surface area contributed by atoms with Crippen LogP contribution in [0.3, 0.4) is 0 Å². The van der Waals surface area contributed by atoms with Gasteiger partial charge in [0.15, 0.2) is 11.5 Å². The van der Waals surface area contributed by atoms with Gasteiger partial charge < -0.3 is 24.8 Å². The minimum atomic E-state index is -0.761. The van der Waals surface area contributed by atoms with Crippen molar-refractivity contribution in [3.63, 3.8) is 0 Å². The summed E-state index contributed by atoms with van der Waals surface area (Å²) in [6.07, 6.45) is 8.09. The highest BCUT2D eigenvalue weighted by Crippen LogP contribution is 2.50. The van der Waals surface area contributed by atoms with Gasteiger partial charge in [-0.05, 0) is 66.0 Å². The summed E-state index contributed by atoms with van der Waals surface area (Å²) in [5.74, 6) is 2.36. The van der Waals surface area contributed by atoms with Crippen LogP contribution in [0.2, 0.25) is 0 Å². The molecule has 1 fully saturated rings. The Bertz CT molecular complexity index is 1660. The molecule has 47 heavy (non-hydrogen) atoms. The number of hydrogen-bond donors (Lipinski definition) is 4. The summed E-state index contributed by atoms with van der Waals surface area (Å²) in [7, 11) is 4.66. The van der Waals surface area contributed by atoms with Crippen LogP contribution in [0.15, 0.2) is 29.1 Å². The van der Waals surface area contributed by atoms with Crippen LogP contribution in [0, 0.1) is 11.8 Å². The van der Waals surface area contributed by atoms with E-state index in [1.807, 2.05) is 26.0 Å². The Hall–Kier alpha value is -4.61. The fraction of sp³-hybridized carbons (Fsp3) is 0.514. The van der Waals surface area contributed by atoms with Gasteiger partial charge in [0.05, 0.1) is 33.1 Å². The molecule has 252 valence electrons. The van der Waals surface area contributed by atoms with Gasteiger partial charge in [0.25, 0.3) is 0 Å². The van der Waals surface area contributed by atoms with E-state index in [2.05, 4.69) is 31.1 Å². The van der Waals surface area contributed by atoms with Gasteiger partial charge in [0.2, 0.25) is 28.9 Å². The van der Waals surface area contributed by atoms with E-state index in [0.717, 1.165) is 35.7 Å². The molecule has 5 rings (SSSR count). The summed E-state index contributed by atoms with van der Waals surface area (Å²) < 4.78 is 17.2. The number of hydrogen-bond acceptors (Lipinski definition) is 9. The Morgan fingerprint density at radius 1 is 1.02 bits per heavy atom. The molecule has 2 atom stereocenters. The first-order valence-corrected chi connectivity index (χ1v) is 16.4. The zero-order chi connectivity index (χ0) is 33.7. The molecule has 2 unspecified atom stereocenters. The van der Waals surface area contributed by atoms with Gasteiger partial charge in [-0.1, -0.05) is 45.6 Å². The van der Waals surface area contributed by atoms with Crippen LogP contribution in [-0.4, -0.2) is 54.4 Å². The molecule has 4 N–H and O–H groups in total. The maximum Gasteiger partial charge on any atom is 0.249 e. The van der Waals surface area contributed by atoms with Crippen molar-refractivity contribution in [3.8, 4) is 28.4 Å². The number of nitrogens with zero attached hydrogens (tertiary/aromatic N) is 2. The molecule has 0 aliphatic heterocycles. The molecule has 2 aliphatic rings. The lowest BCUT2D eigenvalue weighted by atomic mass is 9.95. The van der Waals surface area contributed by atoms with Crippen molar-refractivity contribution in [2.24, 2.45) is 11.8 Å². The van der Waals surface area contributed by atoms with Crippen LogP contribution in [0.25, 0.3) is 11.1 Å². The monoisotopic (exact) mass is 646 g/mol. The molecule has 12 heteroatoms. The normalized spacial score (nSPS) is 16.4. The zero-order valence-corrected chi connectivity index (χ0v) is 28.1. The first-order chi connectivity index (χ1) is 22.6. The van der Waals surface area contributed by atoms with Gasteiger partial charge in [-0.15, -0.1) is 5.10 Å². The number of benzene rings is 1. The lowest BCUT2D eigenvalue weighted by molar-refractivity contribution is -0.120. The van der Waals surface area contributed by atoms with Gasteiger partial charge in [-0.2, -0.15) is 4.98 Å². The van der Waals surface area contributed by atoms with E-state index >= 15 is 0 Å². The topological polar surface area (TPSA) is 157 Å². The lowest BCUT2D eigenvalue weighted by Gasteiger charge is -2.21. The highest BCUT2D eigenvalue weighted by atomic mass is 16.5. The van der Waals surface area contributed by atoms with Crippen molar-refractivity contribution in [1.82, 2.24) is 20.5 Å². The molecule has 1 aromatic heterocycles. The van der Waals surface area contributed by atoms with Gasteiger partial charge in [-0.3, -0.25) is 24.8 Å². The summed E-state index contributed by atoms with van der Waals surface area (Å²) >= 11 is 0. The average Bonchev–Trinajstić information content (AvgIpc) is 3.67. The molecule has 2 aromatic carbocycles. The Labute approximate surface area is 275 Å². The minimum absolute atomic E-state index is 0.178. The second-order valence-corrected chi connectivity index (χ2v) is 12.7. The number of methoxy groups -OCH3 is 3. The van der Waals surface area contributed by atoms with E-state index in [1.165, 1.54) is 38.7 Å². The van der Waals surface area contributed by atoms with E-state index in [1.54, 1.807) is 27.4 Å². The number of ether oxygens (including phenoxy) is 3. The average molecular weight is 647 g/mol. The smallest absolute Gasteiger partial charge is 0.249 e. The van der Waals surface area contributed by atoms with Crippen molar-refractivity contribution < 1.29 is 23.8 Å². The SMILES string of the molecule is COc1cc2c(c(OC)c1OC)-c1ccc(NC(C(=O)Nc3n[nH]c(CCC4CCCC4)n3)C(C)C)c(=O)cc1C(NC(C)=O)CC2. The molecule has 1 heterocycles. The van der Waals surface area contributed by atoms with E-state index in [-0.39, 0.29) is 34.8 Å². The standard InChI is InChI=1S/C35H46N6O6/c1-19(2)31(34(44)39-35-38-29(40-41-35)16-11-21-9-7-8-10-21)37-26-15-13-23-24(18-27(26)43)25(36-20(3)42)14-12-22-17-28(45-4)32(46-5)33(47-6)30(22)23/h13,15,17-19,21,25,31H,7-12,14,16H2,1-6H3,(H,36,42)(H,37,43)(H2,38,39,40,41,44). The Morgan fingerprint density at radius 2 is 1.77 bits per heavy atom. The minimum Gasteiger partial charge on any atom is -0.493 e. The van der Waals surface area contributed by atoms with Crippen LogP contribution in [0.4, 0.5) is 11.6 Å².